The van der Waals surface area contributed by atoms with E-state index < -0.39 is 0 Å². The molecule has 1 fully saturated rings. The Morgan fingerprint density at radius 1 is 1.62 bits per heavy atom. The highest BCUT2D eigenvalue weighted by atomic mass is 35.5. The van der Waals surface area contributed by atoms with Crippen molar-refractivity contribution in [1.82, 2.24) is 4.98 Å². The molecule has 0 aliphatic carbocycles. The van der Waals surface area contributed by atoms with Crippen LogP contribution in [0.25, 0.3) is 0 Å². The molecule has 4 nitrogen and oxygen atoms in total. The zero-order valence-corrected chi connectivity index (χ0v) is 10.4. The molecule has 1 aliphatic rings. The summed E-state index contributed by atoms with van der Waals surface area (Å²) in [5.74, 6) is 0. The highest BCUT2D eigenvalue weighted by Crippen LogP contribution is 2.32. The van der Waals surface area contributed by atoms with Gasteiger partial charge in [-0.2, -0.15) is 5.26 Å². The lowest BCUT2D eigenvalue weighted by molar-refractivity contribution is 0.465. The summed E-state index contributed by atoms with van der Waals surface area (Å²) >= 11 is 7.23. The van der Waals surface area contributed by atoms with Crippen LogP contribution in [0.3, 0.4) is 0 Å². The number of nitriles is 1. The fourth-order valence-corrected chi connectivity index (χ4v) is 3.12. The van der Waals surface area contributed by atoms with Crippen molar-refractivity contribution in [3.63, 3.8) is 0 Å². The van der Waals surface area contributed by atoms with Gasteiger partial charge in [-0.3, -0.25) is 0 Å². The third kappa shape index (κ3) is 2.14. The SMILES string of the molecule is N#Cc1sc(N2CCCCC2CN)nc1Cl. The number of aromatic nitrogens is 1. The van der Waals surface area contributed by atoms with Gasteiger partial charge in [0, 0.05) is 19.1 Å². The molecule has 0 spiro atoms. The number of nitrogens with two attached hydrogens (primary N) is 1. The number of thiazole rings is 1. The van der Waals surface area contributed by atoms with Crippen LogP contribution >= 0.6 is 22.9 Å². The molecule has 2 heterocycles. The zero-order chi connectivity index (χ0) is 11.5. The molecular formula is C10H13ClN4S. The van der Waals surface area contributed by atoms with Crippen molar-refractivity contribution in [3.8, 4) is 6.07 Å². The second-order valence-electron chi connectivity index (χ2n) is 3.81. The van der Waals surface area contributed by atoms with Gasteiger partial charge >= 0.3 is 0 Å². The second-order valence-corrected chi connectivity index (χ2v) is 5.14. The van der Waals surface area contributed by atoms with Crippen LogP contribution in [0.5, 0.6) is 0 Å². The lowest BCUT2D eigenvalue weighted by Crippen LogP contribution is -2.44. The van der Waals surface area contributed by atoms with E-state index in [9.17, 15) is 0 Å². The third-order valence-corrected chi connectivity index (χ3v) is 4.20. The van der Waals surface area contributed by atoms with E-state index in [1.807, 2.05) is 0 Å². The number of halogens is 1. The van der Waals surface area contributed by atoms with Crippen molar-refractivity contribution in [2.75, 3.05) is 18.0 Å². The minimum atomic E-state index is 0.309. The molecule has 1 aromatic rings. The van der Waals surface area contributed by atoms with Gasteiger partial charge in [-0.15, -0.1) is 0 Å². The quantitative estimate of drug-likeness (QED) is 0.879. The van der Waals surface area contributed by atoms with Gasteiger partial charge in [0.25, 0.3) is 0 Å². The maximum atomic E-state index is 8.85. The number of piperidine rings is 1. The van der Waals surface area contributed by atoms with Crippen LogP contribution in [-0.4, -0.2) is 24.1 Å². The first-order valence-corrected chi connectivity index (χ1v) is 6.49. The van der Waals surface area contributed by atoms with Gasteiger partial charge in [-0.1, -0.05) is 22.9 Å². The topological polar surface area (TPSA) is 65.9 Å². The highest BCUT2D eigenvalue weighted by molar-refractivity contribution is 7.16. The Balaban J connectivity index is 2.24. The van der Waals surface area contributed by atoms with Gasteiger partial charge in [0.05, 0.1) is 0 Å². The van der Waals surface area contributed by atoms with Crippen molar-refractivity contribution in [1.29, 1.82) is 5.26 Å². The summed E-state index contributed by atoms with van der Waals surface area (Å²) in [5.41, 5.74) is 5.75. The normalized spacial score (nSPS) is 20.8. The van der Waals surface area contributed by atoms with E-state index in [0.717, 1.165) is 24.5 Å². The monoisotopic (exact) mass is 256 g/mol. The van der Waals surface area contributed by atoms with Crippen LogP contribution in [0.4, 0.5) is 5.13 Å². The Kier molecular flexibility index (Phi) is 3.64. The summed E-state index contributed by atoms with van der Waals surface area (Å²) in [6.45, 7) is 1.58. The zero-order valence-electron chi connectivity index (χ0n) is 8.82. The standard InChI is InChI=1S/C10H13ClN4S/c11-9-8(6-13)16-10(14-9)15-4-2-1-3-7(15)5-12/h7H,1-5,12H2. The van der Waals surface area contributed by atoms with Crippen LogP contribution in [0.1, 0.15) is 24.1 Å². The van der Waals surface area contributed by atoms with Crippen LogP contribution in [0, 0.1) is 11.3 Å². The smallest absolute Gasteiger partial charge is 0.188 e. The highest BCUT2D eigenvalue weighted by Gasteiger charge is 2.24. The van der Waals surface area contributed by atoms with Gasteiger partial charge < -0.3 is 10.6 Å². The maximum Gasteiger partial charge on any atom is 0.188 e. The molecule has 0 radical (unpaired) electrons. The molecular weight excluding hydrogens is 244 g/mol. The molecule has 1 saturated heterocycles. The lowest BCUT2D eigenvalue weighted by atomic mass is 10.0. The van der Waals surface area contributed by atoms with Gasteiger partial charge in [0.2, 0.25) is 0 Å². The Morgan fingerprint density at radius 3 is 3.06 bits per heavy atom. The molecule has 1 aromatic heterocycles. The average Bonchev–Trinajstić information content (AvgIpc) is 2.70. The fourth-order valence-electron chi connectivity index (χ4n) is 1.98. The maximum absolute atomic E-state index is 8.85. The van der Waals surface area contributed by atoms with Crippen molar-refractivity contribution >= 4 is 28.1 Å². The first-order chi connectivity index (χ1) is 7.76. The molecule has 6 heteroatoms. The number of hydrogen-bond donors (Lipinski definition) is 1. The Hall–Kier alpha value is -0.830. The number of anilines is 1. The summed E-state index contributed by atoms with van der Waals surface area (Å²) in [6.07, 6.45) is 3.45. The molecule has 2 N–H and O–H groups in total. The molecule has 16 heavy (non-hydrogen) atoms. The summed E-state index contributed by atoms with van der Waals surface area (Å²) in [6, 6.07) is 2.39. The Labute approximate surface area is 104 Å². The van der Waals surface area contributed by atoms with E-state index in [2.05, 4.69) is 16.0 Å². The molecule has 0 amide bonds. The van der Waals surface area contributed by atoms with E-state index in [-0.39, 0.29) is 0 Å². The molecule has 0 saturated carbocycles. The Morgan fingerprint density at radius 2 is 2.44 bits per heavy atom. The molecule has 0 bridgehead atoms. The van der Waals surface area contributed by atoms with E-state index >= 15 is 0 Å². The molecule has 1 unspecified atom stereocenters. The predicted molar refractivity (Wildman–Crippen MR) is 65.9 cm³/mol. The summed E-state index contributed by atoms with van der Waals surface area (Å²) in [5, 5.41) is 9.99. The molecule has 1 atom stereocenters. The number of rotatable bonds is 2. The largest absolute Gasteiger partial charge is 0.344 e. The van der Waals surface area contributed by atoms with Gasteiger partial charge in [-0.05, 0) is 19.3 Å². The van der Waals surface area contributed by atoms with Crippen LogP contribution in [0.2, 0.25) is 5.15 Å². The average molecular weight is 257 g/mol. The summed E-state index contributed by atoms with van der Waals surface area (Å²) in [4.78, 5) is 6.90. The van der Waals surface area contributed by atoms with Crippen molar-refractivity contribution < 1.29 is 0 Å². The van der Waals surface area contributed by atoms with Crippen molar-refractivity contribution in [2.45, 2.75) is 25.3 Å². The van der Waals surface area contributed by atoms with Gasteiger partial charge in [0.1, 0.15) is 10.9 Å². The van der Waals surface area contributed by atoms with Gasteiger partial charge in [-0.25, -0.2) is 4.98 Å². The molecule has 86 valence electrons. The van der Waals surface area contributed by atoms with Crippen molar-refractivity contribution in [2.24, 2.45) is 5.73 Å². The summed E-state index contributed by atoms with van der Waals surface area (Å²) in [7, 11) is 0. The fraction of sp³-hybridized carbons (Fsp3) is 0.600. The minimum Gasteiger partial charge on any atom is -0.344 e. The number of hydrogen-bond acceptors (Lipinski definition) is 5. The molecule has 2 rings (SSSR count). The predicted octanol–water partition coefficient (Wildman–Crippen LogP) is 1.99. The van der Waals surface area contributed by atoms with Crippen LogP contribution in [-0.2, 0) is 0 Å². The minimum absolute atomic E-state index is 0.309. The number of nitrogens with zero attached hydrogens (tertiary/aromatic N) is 3. The van der Waals surface area contributed by atoms with Gasteiger partial charge in [0.15, 0.2) is 10.3 Å². The van der Waals surface area contributed by atoms with E-state index in [0.29, 0.717) is 22.6 Å². The first kappa shape index (κ1) is 11.6. The second kappa shape index (κ2) is 5.00. The lowest BCUT2D eigenvalue weighted by Gasteiger charge is -2.34. The van der Waals surface area contributed by atoms with Crippen LogP contribution < -0.4 is 10.6 Å². The van der Waals surface area contributed by atoms with E-state index in [1.165, 1.54) is 17.8 Å². The van der Waals surface area contributed by atoms with E-state index in [1.54, 1.807) is 0 Å². The molecule has 1 aliphatic heterocycles. The van der Waals surface area contributed by atoms with E-state index in [4.69, 9.17) is 22.6 Å². The summed E-state index contributed by atoms with van der Waals surface area (Å²) < 4.78 is 0. The molecule has 0 aromatic carbocycles. The first-order valence-electron chi connectivity index (χ1n) is 5.29. The third-order valence-electron chi connectivity index (χ3n) is 2.82. The van der Waals surface area contributed by atoms with Crippen molar-refractivity contribution in [3.05, 3.63) is 10.0 Å². The van der Waals surface area contributed by atoms with Crippen LogP contribution in [0.15, 0.2) is 0 Å². The Bertz CT molecular complexity index is 411.